The molecule has 0 spiro atoms. The molecule has 114 valence electrons. The molecule has 4 nitrogen and oxygen atoms in total. The van der Waals surface area contributed by atoms with Gasteiger partial charge < -0.3 is 14.8 Å². The number of aromatic nitrogens is 1. The Bertz CT molecular complexity index is 398. The number of hydrogen-bond donors (Lipinski definition) is 1. The number of hydrogen-bond acceptors (Lipinski definition) is 2. The number of amides is 1. The summed E-state index contributed by atoms with van der Waals surface area (Å²) in [7, 11) is 3.61. The average molecular weight is 279 g/mol. The van der Waals surface area contributed by atoms with E-state index < -0.39 is 0 Å². The molecular weight excluding hydrogens is 250 g/mol. The van der Waals surface area contributed by atoms with E-state index >= 15 is 0 Å². The van der Waals surface area contributed by atoms with Gasteiger partial charge in [0.1, 0.15) is 0 Å². The molecule has 0 aliphatic rings. The van der Waals surface area contributed by atoms with Crippen LogP contribution in [0.2, 0.25) is 0 Å². The fourth-order valence-corrected chi connectivity index (χ4v) is 2.26. The van der Waals surface area contributed by atoms with Crippen molar-refractivity contribution in [3.8, 4) is 0 Å². The maximum atomic E-state index is 11.5. The normalized spacial score (nSPS) is 12.4. The highest BCUT2D eigenvalue weighted by Gasteiger charge is 2.09. The third-order valence-corrected chi connectivity index (χ3v) is 3.53. The molecule has 1 atom stereocenters. The van der Waals surface area contributed by atoms with Crippen molar-refractivity contribution < 1.29 is 4.79 Å². The van der Waals surface area contributed by atoms with Crippen molar-refractivity contribution in [2.24, 2.45) is 0 Å². The van der Waals surface area contributed by atoms with Gasteiger partial charge in [0.05, 0.1) is 0 Å². The smallest absolute Gasteiger partial charge is 0.222 e. The third kappa shape index (κ3) is 5.37. The SMILES string of the molecule is CCCNC(CC)c1ccn(CCCC(=O)N(C)C)c1. The van der Waals surface area contributed by atoms with Gasteiger partial charge in [-0.05, 0) is 37.4 Å². The van der Waals surface area contributed by atoms with Crippen molar-refractivity contribution >= 4 is 5.91 Å². The van der Waals surface area contributed by atoms with Gasteiger partial charge in [-0.25, -0.2) is 0 Å². The van der Waals surface area contributed by atoms with Gasteiger partial charge in [-0.1, -0.05) is 13.8 Å². The van der Waals surface area contributed by atoms with E-state index in [0.29, 0.717) is 12.5 Å². The van der Waals surface area contributed by atoms with Crippen LogP contribution in [0.1, 0.15) is 51.1 Å². The van der Waals surface area contributed by atoms with Crippen LogP contribution in [0.4, 0.5) is 0 Å². The number of aryl methyl sites for hydroxylation is 1. The summed E-state index contributed by atoms with van der Waals surface area (Å²) < 4.78 is 2.19. The lowest BCUT2D eigenvalue weighted by Crippen LogP contribution is -2.21. The molecule has 0 saturated heterocycles. The molecule has 0 fully saturated rings. The molecular formula is C16H29N3O. The predicted octanol–water partition coefficient (Wildman–Crippen LogP) is 2.81. The number of nitrogens with zero attached hydrogens (tertiary/aromatic N) is 2. The summed E-state index contributed by atoms with van der Waals surface area (Å²) in [5.74, 6) is 0.202. The number of carbonyl (C=O) groups is 1. The first-order valence-corrected chi connectivity index (χ1v) is 7.67. The Hall–Kier alpha value is -1.29. The Morgan fingerprint density at radius 2 is 2.15 bits per heavy atom. The molecule has 1 aromatic heterocycles. The molecule has 1 amide bonds. The summed E-state index contributed by atoms with van der Waals surface area (Å²) in [4.78, 5) is 13.2. The van der Waals surface area contributed by atoms with E-state index in [1.54, 1.807) is 19.0 Å². The molecule has 0 aliphatic carbocycles. The largest absolute Gasteiger partial charge is 0.354 e. The van der Waals surface area contributed by atoms with Gasteiger partial charge in [0.25, 0.3) is 0 Å². The summed E-state index contributed by atoms with van der Waals surface area (Å²) in [6.45, 7) is 6.36. The zero-order valence-corrected chi connectivity index (χ0v) is 13.4. The maximum absolute atomic E-state index is 11.5. The minimum Gasteiger partial charge on any atom is -0.354 e. The van der Waals surface area contributed by atoms with Gasteiger partial charge >= 0.3 is 0 Å². The van der Waals surface area contributed by atoms with E-state index in [2.05, 4.69) is 42.2 Å². The van der Waals surface area contributed by atoms with Gasteiger partial charge in [-0.3, -0.25) is 4.79 Å². The van der Waals surface area contributed by atoms with Gasteiger partial charge in [0.2, 0.25) is 5.91 Å². The van der Waals surface area contributed by atoms with Crippen LogP contribution >= 0.6 is 0 Å². The Morgan fingerprint density at radius 3 is 2.75 bits per heavy atom. The van der Waals surface area contributed by atoms with E-state index in [0.717, 1.165) is 32.4 Å². The molecule has 0 aliphatic heterocycles. The first kappa shape index (κ1) is 16.8. The average Bonchev–Trinajstić information content (AvgIpc) is 2.88. The van der Waals surface area contributed by atoms with Crippen molar-refractivity contribution in [3.05, 3.63) is 24.0 Å². The molecule has 1 N–H and O–H groups in total. The maximum Gasteiger partial charge on any atom is 0.222 e. The van der Waals surface area contributed by atoms with E-state index in [-0.39, 0.29) is 5.91 Å². The summed E-state index contributed by atoms with van der Waals surface area (Å²) in [6.07, 6.45) is 8.09. The lowest BCUT2D eigenvalue weighted by molar-refractivity contribution is -0.128. The second-order valence-electron chi connectivity index (χ2n) is 5.49. The molecule has 1 rings (SSSR count). The molecule has 20 heavy (non-hydrogen) atoms. The number of carbonyl (C=O) groups excluding carboxylic acids is 1. The molecule has 1 heterocycles. The van der Waals surface area contributed by atoms with Crippen LogP contribution in [0.25, 0.3) is 0 Å². The zero-order valence-electron chi connectivity index (χ0n) is 13.4. The van der Waals surface area contributed by atoms with Crippen molar-refractivity contribution in [1.29, 1.82) is 0 Å². The van der Waals surface area contributed by atoms with Crippen molar-refractivity contribution in [2.75, 3.05) is 20.6 Å². The van der Waals surface area contributed by atoms with Crippen LogP contribution in [-0.2, 0) is 11.3 Å². The highest BCUT2D eigenvalue weighted by atomic mass is 16.2. The Labute approximate surface area is 123 Å². The monoisotopic (exact) mass is 279 g/mol. The first-order chi connectivity index (χ1) is 9.58. The Balaban J connectivity index is 2.44. The van der Waals surface area contributed by atoms with Crippen molar-refractivity contribution in [1.82, 2.24) is 14.8 Å². The van der Waals surface area contributed by atoms with Gasteiger partial charge in [-0.2, -0.15) is 0 Å². The van der Waals surface area contributed by atoms with Gasteiger partial charge in [0, 0.05) is 45.5 Å². The summed E-state index contributed by atoms with van der Waals surface area (Å²) in [5.41, 5.74) is 1.35. The molecule has 0 bridgehead atoms. The molecule has 0 radical (unpaired) electrons. The number of nitrogens with one attached hydrogen (secondary N) is 1. The lowest BCUT2D eigenvalue weighted by atomic mass is 10.1. The van der Waals surface area contributed by atoms with Gasteiger partial charge in [-0.15, -0.1) is 0 Å². The van der Waals surface area contributed by atoms with Crippen molar-refractivity contribution in [2.45, 2.75) is 52.1 Å². The fourth-order valence-electron chi connectivity index (χ4n) is 2.26. The van der Waals surface area contributed by atoms with E-state index in [1.807, 2.05) is 0 Å². The van der Waals surface area contributed by atoms with E-state index in [9.17, 15) is 4.79 Å². The van der Waals surface area contributed by atoms with E-state index in [4.69, 9.17) is 0 Å². The first-order valence-electron chi connectivity index (χ1n) is 7.67. The van der Waals surface area contributed by atoms with Crippen LogP contribution in [0.3, 0.4) is 0 Å². The highest BCUT2D eigenvalue weighted by Crippen LogP contribution is 2.17. The number of rotatable bonds is 9. The Kier molecular flexibility index (Phi) is 7.37. The standard InChI is InChI=1S/C16H29N3O/c1-5-10-17-15(6-2)14-9-12-19(13-14)11-7-8-16(20)18(3)4/h9,12-13,15,17H,5-8,10-11H2,1-4H3. The molecule has 1 unspecified atom stereocenters. The molecule has 0 aromatic carbocycles. The summed E-state index contributed by atoms with van der Waals surface area (Å²) in [5, 5.41) is 3.56. The van der Waals surface area contributed by atoms with Crippen molar-refractivity contribution in [3.63, 3.8) is 0 Å². The van der Waals surface area contributed by atoms with Gasteiger partial charge in [0.15, 0.2) is 0 Å². The molecule has 4 heteroatoms. The van der Waals surface area contributed by atoms with Crippen LogP contribution in [0, 0.1) is 0 Å². The molecule has 0 saturated carbocycles. The summed E-state index contributed by atoms with van der Waals surface area (Å²) >= 11 is 0. The van der Waals surface area contributed by atoms with Crippen LogP contribution in [0.5, 0.6) is 0 Å². The quantitative estimate of drug-likeness (QED) is 0.754. The zero-order chi connectivity index (χ0) is 15.0. The second-order valence-corrected chi connectivity index (χ2v) is 5.49. The topological polar surface area (TPSA) is 37.3 Å². The third-order valence-electron chi connectivity index (χ3n) is 3.53. The molecule has 1 aromatic rings. The Morgan fingerprint density at radius 1 is 1.40 bits per heavy atom. The van der Waals surface area contributed by atoms with Crippen LogP contribution in [-0.4, -0.2) is 36.0 Å². The minimum absolute atomic E-state index is 0.202. The predicted molar refractivity (Wildman–Crippen MR) is 83.7 cm³/mol. The fraction of sp³-hybridized carbons (Fsp3) is 0.688. The highest BCUT2D eigenvalue weighted by molar-refractivity contribution is 5.75. The van der Waals surface area contributed by atoms with Crippen LogP contribution in [0.15, 0.2) is 18.5 Å². The lowest BCUT2D eigenvalue weighted by Gasteiger charge is -2.15. The van der Waals surface area contributed by atoms with E-state index in [1.165, 1.54) is 5.56 Å². The second kappa shape index (κ2) is 8.80. The summed E-state index contributed by atoms with van der Waals surface area (Å²) in [6, 6.07) is 2.63. The minimum atomic E-state index is 0.202. The van der Waals surface area contributed by atoms with Crippen LogP contribution < -0.4 is 5.32 Å².